The minimum absolute atomic E-state index is 0.0181. The number of phenols is 1. The van der Waals surface area contributed by atoms with E-state index in [0.29, 0.717) is 11.1 Å². The molecule has 21 heavy (non-hydrogen) atoms. The van der Waals surface area contributed by atoms with E-state index in [0.717, 1.165) is 0 Å². The van der Waals surface area contributed by atoms with Crippen LogP contribution in [0.4, 0.5) is 5.69 Å². The van der Waals surface area contributed by atoms with Crippen LogP contribution in [0.2, 0.25) is 0 Å². The monoisotopic (exact) mass is 285 g/mol. The second kappa shape index (κ2) is 5.87. The van der Waals surface area contributed by atoms with E-state index in [2.05, 4.69) is 0 Å². The molecule has 0 fully saturated rings. The third-order valence-corrected chi connectivity index (χ3v) is 2.80. The van der Waals surface area contributed by atoms with E-state index < -0.39 is 10.9 Å². The second-order valence-electron chi connectivity index (χ2n) is 4.26. The Balaban J connectivity index is 2.47. The number of carbonyl (C=O) groups is 1. The molecule has 0 amide bonds. The highest BCUT2D eigenvalue weighted by atomic mass is 16.6. The number of benzene rings is 2. The smallest absolute Gasteiger partial charge is 0.336 e. The molecule has 0 aromatic heterocycles. The molecule has 2 aromatic carbocycles. The summed E-state index contributed by atoms with van der Waals surface area (Å²) in [7, 11) is 0. The summed E-state index contributed by atoms with van der Waals surface area (Å²) in [6.07, 6.45) is 1.35. The zero-order valence-corrected chi connectivity index (χ0v) is 10.8. The summed E-state index contributed by atoms with van der Waals surface area (Å²) in [4.78, 5) is 21.5. The molecule has 0 saturated carbocycles. The lowest BCUT2D eigenvalue weighted by atomic mass is 10.0. The number of phenolic OH excluding ortho intramolecular Hbond substituents is 1. The number of carboxylic acid groups (broad SMARTS) is 1. The Morgan fingerprint density at radius 1 is 1.14 bits per heavy atom. The van der Waals surface area contributed by atoms with Crippen LogP contribution in [0.3, 0.4) is 0 Å². The van der Waals surface area contributed by atoms with E-state index in [1.54, 1.807) is 6.07 Å². The van der Waals surface area contributed by atoms with E-state index >= 15 is 0 Å². The van der Waals surface area contributed by atoms with E-state index in [4.69, 9.17) is 0 Å². The predicted octanol–water partition coefficient (Wildman–Crippen LogP) is 2.93. The van der Waals surface area contributed by atoms with Gasteiger partial charge in [-0.15, -0.1) is 0 Å². The Morgan fingerprint density at radius 3 is 2.38 bits per heavy atom. The highest BCUT2D eigenvalue weighted by molar-refractivity contribution is 6.20. The van der Waals surface area contributed by atoms with Crippen LogP contribution in [-0.2, 0) is 4.79 Å². The minimum atomic E-state index is -1.16. The first-order valence-corrected chi connectivity index (χ1v) is 5.96. The summed E-state index contributed by atoms with van der Waals surface area (Å²) in [6.45, 7) is 0. The van der Waals surface area contributed by atoms with Gasteiger partial charge in [-0.05, 0) is 29.3 Å². The lowest BCUT2D eigenvalue weighted by Gasteiger charge is -2.03. The van der Waals surface area contributed by atoms with Crippen molar-refractivity contribution in [3.8, 4) is 5.75 Å². The maximum absolute atomic E-state index is 11.3. The van der Waals surface area contributed by atoms with Gasteiger partial charge < -0.3 is 10.2 Å². The molecule has 0 bridgehead atoms. The molecular weight excluding hydrogens is 274 g/mol. The van der Waals surface area contributed by atoms with Gasteiger partial charge in [-0.2, -0.15) is 0 Å². The molecule has 0 unspecified atom stereocenters. The summed E-state index contributed by atoms with van der Waals surface area (Å²) in [5.74, 6) is -1.13. The molecule has 0 spiro atoms. The van der Waals surface area contributed by atoms with Gasteiger partial charge in [0.2, 0.25) is 0 Å². The topological polar surface area (TPSA) is 101 Å². The van der Waals surface area contributed by atoms with Crippen molar-refractivity contribution in [2.24, 2.45) is 0 Å². The Bertz CT molecular complexity index is 719. The Labute approximate surface area is 119 Å². The van der Waals surface area contributed by atoms with Gasteiger partial charge in [0.15, 0.2) is 0 Å². The number of carboxylic acids is 1. The predicted molar refractivity (Wildman–Crippen MR) is 76.7 cm³/mol. The Hall–Kier alpha value is -3.15. The van der Waals surface area contributed by atoms with Crippen LogP contribution >= 0.6 is 0 Å². The third kappa shape index (κ3) is 3.44. The first-order valence-electron chi connectivity index (χ1n) is 5.96. The number of nitrogens with zero attached hydrogens (tertiary/aromatic N) is 1. The maximum atomic E-state index is 11.3. The Morgan fingerprint density at radius 2 is 1.81 bits per heavy atom. The normalized spacial score (nSPS) is 11.1. The van der Waals surface area contributed by atoms with Crippen LogP contribution in [0.25, 0.3) is 11.6 Å². The van der Waals surface area contributed by atoms with Crippen LogP contribution in [0.5, 0.6) is 5.75 Å². The zero-order chi connectivity index (χ0) is 15.4. The van der Waals surface area contributed by atoms with Crippen molar-refractivity contribution in [3.63, 3.8) is 0 Å². The minimum Gasteiger partial charge on any atom is -0.508 e. The summed E-state index contributed by atoms with van der Waals surface area (Å²) in [5.41, 5.74) is 0.677. The lowest BCUT2D eigenvalue weighted by Crippen LogP contribution is -1.99. The van der Waals surface area contributed by atoms with Crippen molar-refractivity contribution in [1.29, 1.82) is 0 Å². The van der Waals surface area contributed by atoms with Crippen molar-refractivity contribution in [2.75, 3.05) is 0 Å². The number of hydrogen-bond acceptors (Lipinski definition) is 4. The Kier molecular flexibility index (Phi) is 3.99. The molecule has 0 aliphatic heterocycles. The molecule has 2 rings (SSSR count). The fraction of sp³-hybridized carbons (Fsp3) is 0. The van der Waals surface area contributed by atoms with Gasteiger partial charge in [0.05, 0.1) is 10.5 Å². The van der Waals surface area contributed by atoms with Crippen molar-refractivity contribution < 1.29 is 19.9 Å². The molecule has 0 aliphatic carbocycles. The van der Waals surface area contributed by atoms with Gasteiger partial charge >= 0.3 is 5.97 Å². The van der Waals surface area contributed by atoms with Crippen LogP contribution in [0, 0.1) is 10.1 Å². The second-order valence-corrected chi connectivity index (χ2v) is 4.26. The quantitative estimate of drug-likeness (QED) is 0.389. The molecule has 2 N–H and O–H groups in total. The van der Waals surface area contributed by atoms with Gasteiger partial charge in [-0.3, -0.25) is 10.1 Å². The van der Waals surface area contributed by atoms with Gasteiger partial charge in [0.25, 0.3) is 5.69 Å². The summed E-state index contributed by atoms with van der Waals surface area (Å²) < 4.78 is 0. The van der Waals surface area contributed by atoms with Gasteiger partial charge in [-0.1, -0.05) is 24.3 Å². The summed E-state index contributed by atoms with van der Waals surface area (Å²) >= 11 is 0. The van der Waals surface area contributed by atoms with Crippen LogP contribution < -0.4 is 0 Å². The van der Waals surface area contributed by atoms with Crippen molar-refractivity contribution in [2.45, 2.75) is 0 Å². The lowest BCUT2D eigenvalue weighted by molar-refractivity contribution is -0.384. The highest BCUT2D eigenvalue weighted by Crippen LogP contribution is 2.22. The largest absolute Gasteiger partial charge is 0.508 e. The first kappa shape index (κ1) is 14.3. The van der Waals surface area contributed by atoms with E-state index in [1.807, 2.05) is 0 Å². The van der Waals surface area contributed by atoms with E-state index in [-0.39, 0.29) is 17.0 Å². The van der Waals surface area contributed by atoms with E-state index in [9.17, 15) is 25.1 Å². The number of nitro benzene ring substituents is 1. The maximum Gasteiger partial charge on any atom is 0.336 e. The van der Waals surface area contributed by atoms with Crippen molar-refractivity contribution in [1.82, 2.24) is 0 Å². The van der Waals surface area contributed by atoms with Crippen LogP contribution in [0.1, 0.15) is 11.1 Å². The third-order valence-electron chi connectivity index (χ3n) is 2.80. The van der Waals surface area contributed by atoms with Gasteiger partial charge in [0.1, 0.15) is 5.75 Å². The fourth-order valence-corrected chi connectivity index (χ4v) is 1.80. The molecule has 6 heteroatoms. The van der Waals surface area contributed by atoms with Gasteiger partial charge in [0, 0.05) is 12.1 Å². The molecule has 0 atom stereocenters. The first-order chi connectivity index (χ1) is 9.97. The molecule has 0 radical (unpaired) electrons. The average Bonchev–Trinajstić information content (AvgIpc) is 2.46. The van der Waals surface area contributed by atoms with E-state index in [1.165, 1.54) is 48.5 Å². The zero-order valence-electron chi connectivity index (χ0n) is 10.8. The van der Waals surface area contributed by atoms with Gasteiger partial charge in [-0.25, -0.2) is 4.79 Å². The van der Waals surface area contributed by atoms with Crippen molar-refractivity contribution >= 4 is 23.3 Å². The molecule has 106 valence electrons. The number of aliphatic carboxylic acids is 1. The SMILES string of the molecule is O=C(O)/C(=C\c1cccc([N+](=O)[O-])c1)c1ccc(O)cc1. The van der Waals surface area contributed by atoms with Crippen LogP contribution in [0.15, 0.2) is 48.5 Å². The fourth-order valence-electron chi connectivity index (χ4n) is 1.80. The number of rotatable bonds is 4. The number of non-ortho nitro benzene ring substituents is 1. The number of nitro groups is 1. The summed E-state index contributed by atoms with van der Waals surface area (Å²) in [6, 6.07) is 11.4. The standard InChI is InChI=1S/C15H11NO5/c17-13-6-4-11(5-7-13)14(15(18)19)9-10-2-1-3-12(8-10)16(20)21/h1-9,17H,(H,18,19)/b14-9-. The molecular formula is C15H11NO5. The molecule has 0 heterocycles. The summed E-state index contributed by atoms with van der Waals surface area (Å²) in [5, 5.41) is 29.2. The van der Waals surface area contributed by atoms with Crippen LogP contribution in [-0.4, -0.2) is 21.1 Å². The number of hydrogen-bond donors (Lipinski definition) is 2. The van der Waals surface area contributed by atoms with Crippen molar-refractivity contribution in [3.05, 3.63) is 69.8 Å². The molecule has 6 nitrogen and oxygen atoms in total. The highest BCUT2D eigenvalue weighted by Gasteiger charge is 2.12. The molecule has 0 saturated heterocycles. The molecule has 2 aromatic rings. The average molecular weight is 285 g/mol. The number of aromatic hydroxyl groups is 1. The molecule has 0 aliphatic rings.